The topological polar surface area (TPSA) is 29.5 Å². The number of rotatable bonds is 3. The van der Waals surface area contributed by atoms with Crippen molar-refractivity contribution < 1.29 is 9.53 Å². The van der Waals surface area contributed by atoms with E-state index >= 15 is 0 Å². The number of carbonyl (C=O) groups excluding carboxylic acids is 1. The molecule has 0 aromatic heterocycles. The van der Waals surface area contributed by atoms with Crippen molar-refractivity contribution >= 4 is 5.91 Å². The van der Waals surface area contributed by atoms with Crippen LogP contribution in [0.5, 0.6) is 0 Å². The third-order valence-corrected chi connectivity index (χ3v) is 1.36. The second-order valence-corrected chi connectivity index (χ2v) is 2.54. The summed E-state index contributed by atoms with van der Waals surface area (Å²) in [5.74, 6) is 0.106. The van der Waals surface area contributed by atoms with Crippen LogP contribution in [0.4, 0.5) is 0 Å². The fourth-order valence-electron chi connectivity index (χ4n) is 0.512. The van der Waals surface area contributed by atoms with E-state index in [9.17, 15) is 4.79 Å². The molecule has 0 N–H and O–H groups in total. The molecule has 0 aliphatic carbocycles. The van der Waals surface area contributed by atoms with Crippen molar-refractivity contribution in [1.82, 2.24) is 4.90 Å². The first-order valence-electron chi connectivity index (χ1n) is 3.31. The Morgan fingerprint density at radius 3 is 2.40 bits per heavy atom. The fourth-order valence-corrected chi connectivity index (χ4v) is 0.512. The van der Waals surface area contributed by atoms with Gasteiger partial charge in [0.05, 0.1) is 12.5 Å². The van der Waals surface area contributed by atoms with Crippen molar-refractivity contribution in [3.05, 3.63) is 0 Å². The van der Waals surface area contributed by atoms with Crippen LogP contribution in [0.2, 0.25) is 0 Å². The lowest BCUT2D eigenvalue weighted by molar-refractivity contribution is -0.130. The lowest BCUT2D eigenvalue weighted by Gasteiger charge is -2.13. The molecule has 1 amide bonds. The lowest BCUT2D eigenvalue weighted by Crippen LogP contribution is -2.25. The van der Waals surface area contributed by atoms with Crippen LogP contribution in [0.1, 0.15) is 13.3 Å². The molecular weight excluding hydrogens is 130 g/mol. The highest BCUT2D eigenvalue weighted by molar-refractivity contribution is 5.75. The van der Waals surface area contributed by atoms with Gasteiger partial charge in [0, 0.05) is 21.2 Å². The minimum Gasteiger partial charge on any atom is -0.381 e. The Morgan fingerprint density at radius 2 is 2.10 bits per heavy atom. The average Bonchev–Trinajstić information content (AvgIpc) is 1.87. The summed E-state index contributed by atoms with van der Waals surface area (Å²) in [6, 6.07) is 0. The number of carbonyl (C=O) groups is 1. The summed E-state index contributed by atoms with van der Waals surface area (Å²) in [5.41, 5.74) is 0. The van der Waals surface area contributed by atoms with Crippen LogP contribution in [-0.2, 0) is 9.53 Å². The van der Waals surface area contributed by atoms with Crippen molar-refractivity contribution in [2.24, 2.45) is 0 Å². The van der Waals surface area contributed by atoms with E-state index in [1.54, 1.807) is 26.1 Å². The van der Waals surface area contributed by atoms with Crippen molar-refractivity contribution in [3.8, 4) is 0 Å². The molecule has 0 bridgehead atoms. The summed E-state index contributed by atoms with van der Waals surface area (Å²) < 4.78 is 4.92. The monoisotopic (exact) mass is 145 g/mol. The Balaban J connectivity index is 3.57. The molecule has 0 saturated heterocycles. The first-order valence-corrected chi connectivity index (χ1v) is 3.31. The molecule has 0 aromatic carbocycles. The predicted octanol–water partition coefficient (Wildman–Crippen LogP) is 0.500. The van der Waals surface area contributed by atoms with Gasteiger partial charge in [0.2, 0.25) is 5.91 Å². The number of hydrogen-bond acceptors (Lipinski definition) is 2. The van der Waals surface area contributed by atoms with E-state index in [1.165, 1.54) is 0 Å². The molecule has 0 spiro atoms. The quantitative estimate of drug-likeness (QED) is 0.578. The van der Waals surface area contributed by atoms with Crippen LogP contribution in [-0.4, -0.2) is 38.1 Å². The van der Waals surface area contributed by atoms with E-state index in [2.05, 4.69) is 0 Å². The molecule has 1 unspecified atom stereocenters. The molecule has 0 aliphatic rings. The van der Waals surface area contributed by atoms with Gasteiger partial charge >= 0.3 is 0 Å². The standard InChI is InChI=1S/C7H15NO2/c1-6(10-4)5-7(9)8(2)3/h6H,5H2,1-4H3. The number of ether oxygens (including phenoxy) is 1. The van der Waals surface area contributed by atoms with Gasteiger partial charge in [0.15, 0.2) is 0 Å². The Kier molecular flexibility index (Phi) is 4.03. The highest BCUT2D eigenvalue weighted by Gasteiger charge is 2.08. The van der Waals surface area contributed by atoms with Gasteiger partial charge in [-0.1, -0.05) is 0 Å². The minimum atomic E-state index is 0.0231. The van der Waals surface area contributed by atoms with Crippen molar-refractivity contribution in [3.63, 3.8) is 0 Å². The minimum absolute atomic E-state index is 0.0231. The van der Waals surface area contributed by atoms with Gasteiger partial charge in [-0.05, 0) is 6.92 Å². The zero-order chi connectivity index (χ0) is 8.15. The first kappa shape index (κ1) is 9.43. The van der Waals surface area contributed by atoms with Crippen molar-refractivity contribution in [2.75, 3.05) is 21.2 Å². The zero-order valence-electron chi connectivity index (χ0n) is 7.05. The fraction of sp³-hybridized carbons (Fsp3) is 0.857. The molecular formula is C7H15NO2. The summed E-state index contributed by atoms with van der Waals surface area (Å²) in [5, 5.41) is 0. The highest BCUT2D eigenvalue weighted by atomic mass is 16.5. The summed E-state index contributed by atoms with van der Waals surface area (Å²) in [7, 11) is 5.09. The molecule has 0 radical (unpaired) electrons. The summed E-state index contributed by atoms with van der Waals surface area (Å²) in [6.07, 6.45) is 0.485. The number of amides is 1. The molecule has 0 fully saturated rings. The van der Waals surface area contributed by atoms with Gasteiger partial charge in [0.1, 0.15) is 0 Å². The van der Waals surface area contributed by atoms with Crippen LogP contribution in [0.25, 0.3) is 0 Å². The van der Waals surface area contributed by atoms with E-state index in [1.807, 2.05) is 6.92 Å². The Morgan fingerprint density at radius 1 is 1.60 bits per heavy atom. The smallest absolute Gasteiger partial charge is 0.224 e. The molecule has 0 heterocycles. The van der Waals surface area contributed by atoms with Gasteiger partial charge in [-0.25, -0.2) is 0 Å². The Hall–Kier alpha value is -0.570. The molecule has 60 valence electrons. The third kappa shape index (κ3) is 3.45. The Bertz CT molecular complexity index is 112. The molecule has 0 saturated carbocycles. The second kappa shape index (κ2) is 4.28. The van der Waals surface area contributed by atoms with E-state index in [0.29, 0.717) is 6.42 Å². The maximum atomic E-state index is 11.0. The predicted molar refractivity (Wildman–Crippen MR) is 39.8 cm³/mol. The number of methoxy groups -OCH3 is 1. The summed E-state index contributed by atoms with van der Waals surface area (Å²) >= 11 is 0. The maximum Gasteiger partial charge on any atom is 0.224 e. The van der Waals surface area contributed by atoms with E-state index in [4.69, 9.17) is 4.74 Å². The molecule has 0 aliphatic heterocycles. The molecule has 3 heteroatoms. The molecule has 0 rings (SSSR count). The van der Waals surface area contributed by atoms with Gasteiger partial charge < -0.3 is 9.64 Å². The normalized spacial score (nSPS) is 12.8. The zero-order valence-corrected chi connectivity index (χ0v) is 7.05. The largest absolute Gasteiger partial charge is 0.381 e. The Labute approximate surface area is 62.0 Å². The van der Waals surface area contributed by atoms with Crippen LogP contribution in [0.15, 0.2) is 0 Å². The van der Waals surface area contributed by atoms with Gasteiger partial charge in [-0.15, -0.1) is 0 Å². The van der Waals surface area contributed by atoms with Crippen LogP contribution in [0, 0.1) is 0 Å². The van der Waals surface area contributed by atoms with Crippen LogP contribution in [0.3, 0.4) is 0 Å². The second-order valence-electron chi connectivity index (χ2n) is 2.54. The van der Waals surface area contributed by atoms with Gasteiger partial charge in [-0.3, -0.25) is 4.79 Å². The lowest BCUT2D eigenvalue weighted by atomic mass is 10.2. The van der Waals surface area contributed by atoms with Crippen molar-refractivity contribution in [2.45, 2.75) is 19.4 Å². The first-order chi connectivity index (χ1) is 4.57. The van der Waals surface area contributed by atoms with Gasteiger partial charge in [-0.2, -0.15) is 0 Å². The van der Waals surface area contributed by atoms with E-state index in [-0.39, 0.29) is 12.0 Å². The summed E-state index contributed by atoms with van der Waals surface area (Å²) in [4.78, 5) is 12.5. The molecule has 3 nitrogen and oxygen atoms in total. The van der Waals surface area contributed by atoms with E-state index < -0.39 is 0 Å². The van der Waals surface area contributed by atoms with E-state index in [0.717, 1.165) is 0 Å². The number of hydrogen-bond donors (Lipinski definition) is 0. The van der Waals surface area contributed by atoms with Crippen LogP contribution < -0.4 is 0 Å². The molecule has 10 heavy (non-hydrogen) atoms. The highest BCUT2D eigenvalue weighted by Crippen LogP contribution is 1.97. The number of nitrogens with zero attached hydrogens (tertiary/aromatic N) is 1. The summed E-state index contributed by atoms with van der Waals surface area (Å²) in [6.45, 7) is 1.88. The van der Waals surface area contributed by atoms with Gasteiger partial charge in [0.25, 0.3) is 0 Å². The SMILES string of the molecule is COC(C)CC(=O)N(C)C. The van der Waals surface area contributed by atoms with Crippen LogP contribution >= 0.6 is 0 Å². The molecule has 1 atom stereocenters. The molecule has 0 aromatic rings. The maximum absolute atomic E-state index is 11.0. The van der Waals surface area contributed by atoms with Crippen molar-refractivity contribution in [1.29, 1.82) is 0 Å². The average molecular weight is 145 g/mol. The third-order valence-electron chi connectivity index (χ3n) is 1.36.